The Labute approximate surface area is 158 Å². The van der Waals surface area contributed by atoms with Crippen molar-refractivity contribution in [3.8, 4) is 11.5 Å². The molecule has 2 aromatic carbocycles. The van der Waals surface area contributed by atoms with Gasteiger partial charge in [0.2, 0.25) is 0 Å². The zero-order valence-corrected chi connectivity index (χ0v) is 15.7. The van der Waals surface area contributed by atoms with Crippen LogP contribution in [0.5, 0.6) is 11.5 Å². The predicted molar refractivity (Wildman–Crippen MR) is 106 cm³/mol. The normalized spacial score (nSPS) is 17.6. The number of carbonyl (C=O) groups is 1. The van der Waals surface area contributed by atoms with Gasteiger partial charge in [-0.3, -0.25) is 4.79 Å². The average Bonchev–Trinajstić information content (AvgIpc) is 2.66. The van der Waals surface area contributed by atoms with Gasteiger partial charge in [-0.1, -0.05) is 35.9 Å². The summed E-state index contributed by atoms with van der Waals surface area (Å²) in [5, 5.41) is 0.656. The SMILES string of the molecule is COc1ccc(/C=C2\CCC/C(=C\c3ccccc3Cl)C2=O)cc1OC. The van der Waals surface area contributed by atoms with E-state index in [0.29, 0.717) is 16.5 Å². The monoisotopic (exact) mass is 368 g/mol. The molecule has 0 aromatic heterocycles. The lowest BCUT2D eigenvalue weighted by Crippen LogP contribution is -2.12. The molecule has 0 aliphatic heterocycles. The zero-order valence-electron chi connectivity index (χ0n) is 14.9. The highest BCUT2D eigenvalue weighted by Crippen LogP contribution is 2.32. The van der Waals surface area contributed by atoms with Crippen LogP contribution < -0.4 is 9.47 Å². The number of hydrogen-bond donors (Lipinski definition) is 0. The Morgan fingerprint density at radius 2 is 1.62 bits per heavy atom. The number of benzene rings is 2. The van der Waals surface area contributed by atoms with Crippen LogP contribution in [-0.2, 0) is 4.79 Å². The van der Waals surface area contributed by atoms with Gasteiger partial charge in [-0.05, 0) is 60.7 Å². The second-order valence-corrected chi connectivity index (χ2v) is 6.56. The molecular weight excluding hydrogens is 348 g/mol. The number of rotatable bonds is 4. The van der Waals surface area contributed by atoms with Gasteiger partial charge in [0.15, 0.2) is 17.3 Å². The van der Waals surface area contributed by atoms with Crippen molar-refractivity contribution >= 4 is 29.5 Å². The van der Waals surface area contributed by atoms with E-state index in [4.69, 9.17) is 21.1 Å². The molecule has 1 fully saturated rings. The highest BCUT2D eigenvalue weighted by Gasteiger charge is 2.21. The van der Waals surface area contributed by atoms with Gasteiger partial charge in [-0.25, -0.2) is 0 Å². The molecule has 4 heteroatoms. The van der Waals surface area contributed by atoms with Crippen molar-refractivity contribution in [1.82, 2.24) is 0 Å². The number of ether oxygens (including phenoxy) is 2. The first-order valence-electron chi connectivity index (χ1n) is 8.55. The quantitative estimate of drug-likeness (QED) is 0.661. The molecule has 134 valence electrons. The Kier molecular flexibility index (Phi) is 5.79. The number of carbonyl (C=O) groups excluding carboxylic acids is 1. The van der Waals surface area contributed by atoms with E-state index >= 15 is 0 Å². The summed E-state index contributed by atoms with van der Waals surface area (Å²) in [7, 11) is 3.21. The Bertz CT molecular complexity index is 881. The molecule has 3 nitrogen and oxygen atoms in total. The van der Waals surface area contributed by atoms with E-state index in [2.05, 4.69) is 0 Å². The van der Waals surface area contributed by atoms with Crippen LogP contribution in [0.2, 0.25) is 5.02 Å². The molecule has 2 aromatic rings. The minimum absolute atomic E-state index is 0.0888. The average molecular weight is 369 g/mol. The lowest BCUT2D eigenvalue weighted by atomic mass is 9.87. The van der Waals surface area contributed by atoms with Crippen molar-refractivity contribution in [3.63, 3.8) is 0 Å². The van der Waals surface area contributed by atoms with Gasteiger partial charge in [0.05, 0.1) is 14.2 Å². The van der Waals surface area contributed by atoms with Gasteiger partial charge in [-0.15, -0.1) is 0 Å². The van der Waals surface area contributed by atoms with Gasteiger partial charge in [0.1, 0.15) is 0 Å². The zero-order chi connectivity index (χ0) is 18.5. The molecule has 1 aliphatic rings. The van der Waals surface area contributed by atoms with Crippen LogP contribution in [0, 0.1) is 0 Å². The number of methoxy groups -OCH3 is 2. The molecule has 26 heavy (non-hydrogen) atoms. The van der Waals surface area contributed by atoms with Gasteiger partial charge in [0, 0.05) is 16.2 Å². The highest BCUT2D eigenvalue weighted by atomic mass is 35.5. The van der Waals surface area contributed by atoms with Crippen LogP contribution in [0.15, 0.2) is 53.6 Å². The number of Topliss-reactive ketones (excluding diaryl/α,β-unsaturated/α-hetero) is 1. The highest BCUT2D eigenvalue weighted by molar-refractivity contribution is 6.32. The number of allylic oxidation sites excluding steroid dienone is 2. The first-order chi connectivity index (χ1) is 12.6. The third-order valence-corrected chi connectivity index (χ3v) is 4.80. The summed E-state index contributed by atoms with van der Waals surface area (Å²) in [5.41, 5.74) is 3.41. The topological polar surface area (TPSA) is 35.5 Å². The fourth-order valence-corrected chi connectivity index (χ4v) is 3.29. The maximum atomic E-state index is 12.9. The summed E-state index contributed by atoms with van der Waals surface area (Å²) in [6.07, 6.45) is 6.33. The summed E-state index contributed by atoms with van der Waals surface area (Å²) in [6.45, 7) is 0. The molecule has 0 spiro atoms. The van der Waals surface area contributed by atoms with Crippen LogP contribution in [0.25, 0.3) is 12.2 Å². The largest absolute Gasteiger partial charge is 0.493 e. The fraction of sp³-hybridized carbons (Fsp3) is 0.227. The molecule has 0 saturated heterocycles. The van der Waals surface area contributed by atoms with Crippen molar-refractivity contribution in [2.24, 2.45) is 0 Å². The summed E-state index contributed by atoms with van der Waals surface area (Å²) < 4.78 is 10.6. The molecule has 0 N–H and O–H groups in total. The van der Waals surface area contributed by atoms with Crippen LogP contribution in [0.3, 0.4) is 0 Å². The fourth-order valence-electron chi connectivity index (χ4n) is 3.10. The molecule has 0 atom stereocenters. The van der Waals surface area contributed by atoms with E-state index in [9.17, 15) is 4.79 Å². The minimum atomic E-state index is 0.0888. The predicted octanol–water partition coefficient (Wildman–Crippen LogP) is 5.58. The summed E-state index contributed by atoms with van der Waals surface area (Å²) in [4.78, 5) is 12.9. The van der Waals surface area contributed by atoms with E-state index in [1.807, 2.05) is 54.6 Å². The third-order valence-electron chi connectivity index (χ3n) is 4.46. The standard InChI is InChI=1S/C22H21ClO3/c1-25-20-11-10-15(13-21(20)26-2)12-17-7-5-8-18(22(17)24)14-16-6-3-4-9-19(16)23/h3-4,6,9-14H,5,7-8H2,1-2H3/b17-12+,18-14+. The molecule has 0 radical (unpaired) electrons. The summed E-state index contributed by atoms with van der Waals surface area (Å²) in [5.74, 6) is 1.41. The maximum Gasteiger partial charge on any atom is 0.185 e. The second kappa shape index (κ2) is 8.24. The third kappa shape index (κ3) is 4.00. The lowest BCUT2D eigenvalue weighted by molar-refractivity contribution is -0.112. The Morgan fingerprint density at radius 1 is 0.923 bits per heavy atom. The molecule has 3 rings (SSSR count). The molecule has 0 heterocycles. The number of hydrogen-bond acceptors (Lipinski definition) is 3. The van der Waals surface area contributed by atoms with E-state index in [1.54, 1.807) is 14.2 Å². The first-order valence-corrected chi connectivity index (χ1v) is 8.92. The van der Waals surface area contributed by atoms with Crippen molar-refractivity contribution in [2.45, 2.75) is 19.3 Å². The van der Waals surface area contributed by atoms with Crippen molar-refractivity contribution in [1.29, 1.82) is 0 Å². The Morgan fingerprint density at radius 3 is 2.31 bits per heavy atom. The van der Waals surface area contributed by atoms with Crippen molar-refractivity contribution in [3.05, 3.63) is 69.8 Å². The minimum Gasteiger partial charge on any atom is -0.493 e. The lowest BCUT2D eigenvalue weighted by Gasteiger charge is -2.17. The van der Waals surface area contributed by atoms with Crippen LogP contribution in [0.4, 0.5) is 0 Å². The van der Waals surface area contributed by atoms with Gasteiger partial charge in [-0.2, -0.15) is 0 Å². The maximum absolute atomic E-state index is 12.9. The van der Waals surface area contributed by atoms with E-state index < -0.39 is 0 Å². The molecule has 1 aliphatic carbocycles. The van der Waals surface area contributed by atoms with Crippen LogP contribution >= 0.6 is 11.6 Å². The molecule has 1 saturated carbocycles. The van der Waals surface area contributed by atoms with Gasteiger partial charge >= 0.3 is 0 Å². The van der Waals surface area contributed by atoms with Gasteiger partial charge < -0.3 is 9.47 Å². The molecular formula is C22H21ClO3. The van der Waals surface area contributed by atoms with E-state index in [1.165, 1.54) is 0 Å². The first kappa shape index (κ1) is 18.3. The van der Waals surface area contributed by atoms with Crippen molar-refractivity contribution < 1.29 is 14.3 Å². The Hall–Kier alpha value is -2.52. The number of halogens is 1. The molecule has 0 unspecified atom stereocenters. The molecule has 0 amide bonds. The summed E-state index contributed by atoms with van der Waals surface area (Å²) in [6, 6.07) is 13.2. The van der Waals surface area contributed by atoms with E-state index in [0.717, 1.165) is 41.5 Å². The van der Waals surface area contributed by atoms with E-state index in [-0.39, 0.29) is 5.78 Å². The molecule has 0 bridgehead atoms. The van der Waals surface area contributed by atoms with Crippen molar-refractivity contribution in [2.75, 3.05) is 14.2 Å². The smallest absolute Gasteiger partial charge is 0.185 e. The summed E-state index contributed by atoms with van der Waals surface area (Å²) >= 11 is 6.22. The second-order valence-electron chi connectivity index (χ2n) is 6.16. The Balaban J connectivity index is 1.90. The van der Waals surface area contributed by atoms with Crippen LogP contribution in [0.1, 0.15) is 30.4 Å². The van der Waals surface area contributed by atoms with Gasteiger partial charge in [0.25, 0.3) is 0 Å². The number of ketones is 1. The van der Waals surface area contributed by atoms with Crippen LogP contribution in [-0.4, -0.2) is 20.0 Å².